The average Bonchev–Trinajstić information content (AvgIpc) is 2.30. The molecule has 0 heterocycles. The van der Waals surface area contributed by atoms with Crippen LogP contribution in [-0.2, 0) is 12.8 Å². The maximum atomic E-state index is 10.1. The van der Waals surface area contributed by atoms with E-state index in [0.29, 0.717) is 6.54 Å². The van der Waals surface area contributed by atoms with Crippen LogP contribution in [-0.4, -0.2) is 18.7 Å². The van der Waals surface area contributed by atoms with Crippen LogP contribution in [0.25, 0.3) is 0 Å². The molecule has 16 heavy (non-hydrogen) atoms. The van der Waals surface area contributed by atoms with Crippen molar-refractivity contribution in [2.45, 2.75) is 38.7 Å². The number of aliphatic hydroxyl groups excluding tert-OH is 1. The third-order valence-electron chi connectivity index (χ3n) is 3.56. The number of likely N-dealkylation sites (N-methyl/N-ethyl adjacent to an activating group) is 1. The van der Waals surface area contributed by atoms with Crippen LogP contribution in [0.4, 0.5) is 0 Å². The van der Waals surface area contributed by atoms with Crippen molar-refractivity contribution < 1.29 is 5.11 Å². The van der Waals surface area contributed by atoms with Crippen LogP contribution < -0.4 is 5.32 Å². The lowest BCUT2D eigenvalue weighted by molar-refractivity contribution is 0.176. The Morgan fingerprint density at radius 2 is 1.94 bits per heavy atom. The van der Waals surface area contributed by atoms with E-state index in [9.17, 15) is 5.11 Å². The van der Waals surface area contributed by atoms with E-state index in [1.54, 1.807) is 0 Å². The van der Waals surface area contributed by atoms with Gasteiger partial charge in [0.1, 0.15) is 0 Å². The van der Waals surface area contributed by atoms with Gasteiger partial charge in [0.05, 0.1) is 6.10 Å². The summed E-state index contributed by atoms with van der Waals surface area (Å²) in [7, 11) is 1.88. The minimum absolute atomic E-state index is 0.363. The molecule has 0 aromatic heterocycles. The van der Waals surface area contributed by atoms with Crippen molar-refractivity contribution in [1.82, 2.24) is 5.32 Å². The van der Waals surface area contributed by atoms with Crippen molar-refractivity contribution in [2.75, 3.05) is 13.6 Å². The average molecular weight is 219 g/mol. The maximum absolute atomic E-state index is 10.1. The van der Waals surface area contributed by atoms with Gasteiger partial charge >= 0.3 is 0 Å². The first-order chi connectivity index (χ1) is 7.74. The second-order valence-corrected chi connectivity index (χ2v) is 4.71. The number of fused-ring (bicyclic) bond motifs is 1. The molecule has 88 valence electrons. The van der Waals surface area contributed by atoms with E-state index in [1.165, 1.54) is 36.0 Å². The highest BCUT2D eigenvalue weighted by Crippen LogP contribution is 2.30. The van der Waals surface area contributed by atoms with Crippen molar-refractivity contribution in [2.24, 2.45) is 0 Å². The van der Waals surface area contributed by atoms with Gasteiger partial charge in [0.2, 0.25) is 0 Å². The minimum atomic E-state index is -0.363. The molecule has 2 rings (SSSR count). The zero-order valence-electron chi connectivity index (χ0n) is 10.2. The highest BCUT2D eigenvalue weighted by molar-refractivity contribution is 5.43. The maximum Gasteiger partial charge on any atom is 0.0917 e. The van der Waals surface area contributed by atoms with Crippen LogP contribution in [0.3, 0.4) is 0 Å². The summed E-state index contributed by atoms with van der Waals surface area (Å²) >= 11 is 0. The summed E-state index contributed by atoms with van der Waals surface area (Å²) in [6.45, 7) is 2.81. The van der Waals surface area contributed by atoms with Crippen LogP contribution >= 0.6 is 0 Å². The number of rotatable bonds is 3. The smallest absolute Gasteiger partial charge is 0.0917 e. The molecule has 0 bridgehead atoms. The summed E-state index contributed by atoms with van der Waals surface area (Å²) in [6, 6.07) is 4.25. The fourth-order valence-electron chi connectivity index (χ4n) is 2.69. The number of hydrogen-bond acceptors (Lipinski definition) is 2. The zero-order valence-corrected chi connectivity index (χ0v) is 10.2. The molecule has 0 amide bonds. The number of aliphatic hydroxyl groups is 1. The van der Waals surface area contributed by atoms with Gasteiger partial charge in [-0.2, -0.15) is 0 Å². The van der Waals surface area contributed by atoms with E-state index in [1.807, 2.05) is 7.05 Å². The van der Waals surface area contributed by atoms with Gasteiger partial charge in [0.25, 0.3) is 0 Å². The summed E-state index contributed by atoms with van der Waals surface area (Å²) in [5.41, 5.74) is 5.41. The Bertz CT molecular complexity index is 373. The van der Waals surface area contributed by atoms with Crippen LogP contribution in [0.15, 0.2) is 12.1 Å². The van der Waals surface area contributed by atoms with E-state index in [4.69, 9.17) is 0 Å². The Morgan fingerprint density at radius 1 is 1.25 bits per heavy atom. The molecular weight excluding hydrogens is 198 g/mol. The number of nitrogens with one attached hydrogen (secondary N) is 1. The first-order valence-electron chi connectivity index (χ1n) is 6.18. The minimum Gasteiger partial charge on any atom is -0.387 e. The van der Waals surface area contributed by atoms with Crippen LogP contribution in [0, 0.1) is 6.92 Å². The second-order valence-electron chi connectivity index (χ2n) is 4.71. The topological polar surface area (TPSA) is 32.3 Å². The van der Waals surface area contributed by atoms with Crippen molar-refractivity contribution in [3.8, 4) is 0 Å². The van der Waals surface area contributed by atoms with E-state index in [0.717, 1.165) is 12.0 Å². The molecule has 2 N–H and O–H groups in total. The van der Waals surface area contributed by atoms with E-state index in [2.05, 4.69) is 24.4 Å². The Hall–Kier alpha value is -0.860. The molecule has 0 saturated heterocycles. The fraction of sp³-hybridized carbons (Fsp3) is 0.571. The molecule has 2 nitrogen and oxygen atoms in total. The molecule has 1 atom stereocenters. The van der Waals surface area contributed by atoms with Crippen molar-refractivity contribution in [1.29, 1.82) is 0 Å². The van der Waals surface area contributed by atoms with Gasteiger partial charge in [-0.1, -0.05) is 12.1 Å². The van der Waals surface area contributed by atoms with E-state index >= 15 is 0 Å². The molecule has 0 radical (unpaired) electrons. The summed E-state index contributed by atoms with van der Waals surface area (Å²) in [6.07, 6.45) is 4.50. The molecule has 0 aliphatic heterocycles. The molecule has 0 saturated carbocycles. The fourth-order valence-corrected chi connectivity index (χ4v) is 2.69. The molecule has 1 aromatic carbocycles. The van der Waals surface area contributed by atoms with Gasteiger partial charge in [0, 0.05) is 6.54 Å². The van der Waals surface area contributed by atoms with Crippen LogP contribution in [0.1, 0.15) is 41.2 Å². The number of benzene rings is 1. The molecule has 2 heteroatoms. The van der Waals surface area contributed by atoms with Gasteiger partial charge in [0.15, 0.2) is 0 Å². The Morgan fingerprint density at radius 3 is 2.62 bits per heavy atom. The second kappa shape index (κ2) is 4.98. The van der Waals surface area contributed by atoms with Gasteiger partial charge in [-0.15, -0.1) is 0 Å². The molecule has 1 aromatic rings. The standard InChI is InChI=1S/C14H21NO/c1-10-7-8-13(14(16)9-15-2)12-6-4-3-5-11(10)12/h7-8,14-16H,3-6,9H2,1-2H3. The predicted molar refractivity (Wildman–Crippen MR) is 66.7 cm³/mol. The normalized spacial score (nSPS) is 16.9. The van der Waals surface area contributed by atoms with Gasteiger partial charge in [-0.05, 0) is 61.9 Å². The Balaban J connectivity index is 2.38. The summed E-state index contributed by atoms with van der Waals surface area (Å²) in [4.78, 5) is 0. The Labute approximate surface area is 97.7 Å². The van der Waals surface area contributed by atoms with Crippen molar-refractivity contribution in [3.05, 3.63) is 34.4 Å². The van der Waals surface area contributed by atoms with E-state index in [-0.39, 0.29) is 6.10 Å². The summed E-state index contributed by atoms with van der Waals surface area (Å²) in [5, 5.41) is 13.1. The Kier molecular flexibility index (Phi) is 3.62. The van der Waals surface area contributed by atoms with Crippen molar-refractivity contribution in [3.63, 3.8) is 0 Å². The highest BCUT2D eigenvalue weighted by atomic mass is 16.3. The van der Waals surface area contributed by atoms with Gasteiger partial charge < -0.3 is 10.4 Å². The predicted octanol–water partition coefficient (Wildman–Crippen LogP) is 2.13. The van der Waals surface area contributed by atoms with Crippen LogP contribution in [0.5, 0.6) is 0 Å². The lowest BCUT2D eigenvalue weighted by atomic mass is 9.84. The summed E-state index contributed by atoms with van der Waals surface area (Å²) < 4.78 is 0. The third kappa shape index (κ3) is 2.13. The molecular formula is C14H21NO. The molecule has 1 aliphatic rings. The first-order valence-corrected chi connectivity index (χ1v) is 6.18. The number of aryl methyl sites for hydroxylation is 1. The molecule has 1 aliphatic carbocycles. The first kappa shape index (κ1) is 11.6. The molecule has 0 spiro atoms. The number of hydrogen-bond donors (Lipinski definition) is 2. The highest BCUT2D eigenvalue weighted by Gasteiger charge is 2.18. The molecule has 0 fully saturated rings. The summed E-state index contributed by atoms with van der Waals surface area (Å²) in [5.74, 6) is 0. The third-order valence-corrected chi connectivity index (χ3v) is 3.56. The lowest BCUT2D eigenvalue weighted by Gasteiger charge is -2.24. The quantitative estimate of drug-likeness (QED) is 0.816. The van der Waals surface area contributed by atoms with Gasteiger partial charge in [-0.3, -0.25) is 0 Å². The SMILES string of the molecule is CNCC(O)c1ccc(C)c2c1CCCC2. The lowest BCUT2D eigenvalue weighted by Crippen LogP contribution is -2.19. The van der Waals surface area contributed by atoms with E-state index < -0.39 is 0 Å². The largest absolute Gasteiger partial charge is 0.387 e. The monoisotopic (exact) mass is 219 g/mol. The van der Waals surface area contributed by atoms with Gasteiger partial charge in [-0.25, -0.2) is 0 Å². The molecule has 1 unspecified atom stereocenters. The van der Waals surface area contributed by atoms with Crippen LogP contribution in [0.2, 0.25) is 0 Å². The van der Waals surface area contributed by atoms with Crippen molar-refractivity contribution >= 4 is 0 Å². The zero-order chi connectivity index (χ0) is 11.5.